The highest BCUT2D eigenvalue weighted by atomic mass is 19.4. The average Bonchev–Trinajstić information content (AvgIpc) is 3.06. The summed E-state index contributed by atoms with van der Waals surface area (Å²) in [5.41, 5.74) is -0.999. The Bertz CT molecular complexity index is 549. The first-order valence-corrected chi connectivity index (χ1v) is 6.02. The smallest absolute Gasteiger partial charge is 0.418 e. The molecule has 2 aliphatic rings. The lowest BCUT2D eigenvalue weighted by atomic mass is 9.78. The van der Waals surface area contributed by atoms with Gasteiger partial charge in [-0.1, -0.05) is 12.1 Å². The quantitative estimate of drug-likeness (QED) is 0.825. The van der Waals surface area contributed by atoms with Gasteiger partial charge in [0.1, 0.15) is 0 Å². The predicted molar refractivity (Wildman–Crippen MR) is 62.0 cm³/mol. The van der Waals surface area contributed by atoms with Crippen molar-refractivity contribution in [1.29, 1.82) is 0 Å². The van der Waals surface area contributed by atoms with E-state index in [1.807, 2.05) is 0 Å². The molecule has 1 spiro atoms. The molecule has 0 bridgehead atoms. The fourth-order valence-electron chi connectivity index (χ4n) is 2.96. The van der Waals surface area contributed by atoms with Crippen molar-refractivity contribution in [3.05, 3.63) is 29.3 Å². The van der Waals surface area contributed by atoms with Gasteiger partial charge in [-0.05, 0) is 24.5 Å². The highest BCUT2D eigenvalue weighted by Crippen LogP contribution is 2.60. The number of aliphatic carboxylic acids is 1. The van der Waals surface area contributed by atoms with E-state index in [0.717, 1.165) is 18.9 Å². The van der Waals surface area contributed by atoms with E-state index in [4.69, 9.17) is 0 Å². The van der Waals surface area contributed by atoms with Gasteiger partial charge in [0.15, 0.2) is 0 Å². The van der Waals surface area contributed by atoms with Gasteiger partial charge in [-0.25, -0.2) is 0 Å². The van der Waals surface area contributed by atoms with E-state index in [0.29, 0.717) is 6.54 Å². The van der Waals surface area contributed by atoms with E-state index in [9.17, 15) is 23.1 Å². The summed E-state index contributed by atoms with van der Waals surface area (Å²) in [4.78, 5) is 11.4. The zero-order valence-corrected chi connectivity index (χ0v) is 9.92. The van der Waals surface area contributed by atoms with Crippen molar-refractivity contribution in [2.75, 3.05) is 11.9 Å². The van der Waals surface area contributed by atoms with Gasteiger partial charge >= 0.3 is 12.1 Å². The summed E-state index contributed by atoms with van der Waals surface area (Å²) in [6.45, 7) is 0.296. The SMILES string of the molecule is O=C(O)C1c2cccc(C(F)(F)F)c2NCC12CC2. The number of nitrogens with one attached hydrogen (secondary N) is 1. The van der Waals surface area contributed by atoms with Crippen LogP contribution in [-0.4, -0.2) is 17.6 Å². The minimum Gasteiger partial charge on any atom is -0.481 e. The highest BCUT2D eigenvalue weighted by molar-refractivity contribution is 5.83. The summed E-state index contributed by atoms with van der Waals surface area (Å²) >= 11 is 0. The highest BCUT2D eigenvalue weighted by Gasteiger charge is 2.56. The van der Waals surface area contributed by atoms with Gasteiger partial charge in [-0.15, -0.1) is 0 Å². The number of rotatable bonds is 1. The molecule has 6 heteroatoms. The monoisotopic (exact) mass is 271 g/mol. The summed E-state index contributed by atoms with van der Waals surface area (Å²) in [6, 6.07) is 3.74. The van der Waals surface area contributed by atoms with Crippen molar-refractivity contribution in [3.8, 4) is 0 Å². The van der Waals surface area contributed by atoms with Crippen LogP contribution >= 0.6 is 0 Å². The summed E-state index contributed by atoms with van der Waals surface area (Å²) in [5.74, 6) is -1.88. The van der Waals surface area contributed by atoms with E-state index in [2.05, 4.69) is 5.32 Å². The maximum absolute atomic E-state index is 12.9. The van der Waals surface area contributed by atoms with Crippen LogP contribution in [0.15, 0.2) is 18.2 Å². The fourth-order valence-corrected chi connectivity index (χ4v) is 2.96. The minimum atomic E-state index is -4.48. The van der Waals surface area contributed by atoms with Crippen LogP contribution in [0.3, 0.4) is 0 Å². The molecule has 3 nitrogen and oxygen atoms in total. The van der Waals surface area contributed by atoms with Crippen LogP contribution in [0.5, 0.6) is 0 Å². The van der Waals surface area contributed by atoms with Crippen molar-refractivity contribution in [3.63, 3.8) is 0 Å². The van der Waals surface area contributed by atoms with Crippen LogP contribution in [0.1, 0.15) is 29.9 Å². The number of para-hydroxylation sites is 1. The Morgan fingerprint density at radius 2 is 2.05 bits per heavy atom. The van der Waals surface area contributed by atoms with Crippen molar-refractivity contribution in [1.82, 2.24) is 0 Å². The van der Waals surface area contributed by atoms with Gasteiger partial charge in [0, 0.05) is 12.0 Å². The van der Waals surface area contributed by atoms with E-state index in [-0.39, 0.29) is 11.3 Å². The molecule has 0 aromatic heterocycles. The van der Waals surface area contributed by atoms with E-state index in [1.54, 1.807) is 0 Å². The van der Waals surface area contributed by atoms with Crippen LogP contribution < -0.4 is 5.32 Å². The molecule has 1 fully saturated rings. The lowest BCUT2D eigenvalue weighted by molar-refractivity contribution is -0.141. The lowest BCUT2D eigenvalue weighted by Crippen LogP contribution is -2.35. The molecule has 1 atom stereocenters. The second-order valence-electron chi connectivity index (χ2n) is 5.25. The summed E-state index contributed by atoms with van der Waals surface area (Å²) < 4.78 is 38.8. The van der Waals surface area contributed by atoms with E-state index in [1.165, 1.54) is 12.1 Å². The van der Waals surface area contributed by atoms with E-state index >= 15 is 0 Å². The number of hydrogen-bond acceptors (Lipinski definition) is 2. The molecule has 0 amide bonds. The van der Waals surface area contributed by atoms with E-state index < -0.39 is 29.0 Å². The molecule has 1 aliphatic carbocycles. The molecular formula is C13H12F3NO2. The summed E-state index contributed by atoms with van der Waals surface area (Å²) in [5, 5.41) is 12.1. The number of carboxylic acids is 1. The first-order valence-electron chi connectivity index (χ1n) is 6.02. The van der Waals surface area contributed by atoms with Gasteiger partial charge in [0.25, 0.3) is 0 Å². The Balaban J connectivity index is 2.15. The lowest BCUT2D eigenvalue weighted by Gasteiger charge is -2.33. The summed E-state index contributed by atoms with van der Waals surface area (Å²) in [6.07, 6.45) is -2.99. The van der Waals surface area contributed by atoms with Gasteiger partial charge in [-0.3, -0.25) is 4.79 Å². The third-order valence-corrected chi connectivity index (χ3v) is 4.08. The molecule has 0 radical (unpaired) electrons. The molecule has 1 aromatic rings. The Morgan fingerprint density at radius 3 is 2.58 bits per heavy atom. The Hall–Kier alpha value is -1.72. The number of halogens is 3. The molecular weight excluding hydrogens is 259 g/mol. The average molecular weight is 271 g/mol. The van der Waals surface area contributed by atoms with Crippen LogP contribution in [0.4, 0.5) is 18.9 Å². The molecule has 1 heterocycles. The molecule has 1 aliphatic heterocycles. The Morgan fingerprint density at radius 1 is 1.37 bits per heavy atom. The first-order chi connectivity index (χ1) is 8.85. The van der Waals surface area contributed by atoms with Gasteiger partial charge in [0.05, 0.1) is 17.2 Å². The molecule has 2 N–H and O–H groups in total. The minimum absolute atomic E-state index is 0.0695. The third-order valence-electron chi connectivity index (χ3n) is 4.08. The predicted octanol–water partition coefficient (Wildman–Crippen LogP) is 3.08. The largest absolute Gasteiger partial charge is 0.481 e. The van der Waals surface area contributed by atoms with Crippen molar-refractivity contribution in [2.45, 2.75) is 24.9 Å². The number of hydrogen-bond donors (Lipinski definition) is 2. The maximum atomic E-state index is 12.9. The first kappa shape index (κ1) is 12.3. The fraction of sp³-hybridized carbons (Fsp3) is 0.462. The molecule has 3 rings (SSSR count). The number of anilines is 1. The molecule has 1 aromatic carbocycles. The van der Waals surface area contributed by atoms with Crippen LogP contribution in [-0.2, 0) is 11.0 Å². The maximum Gasteiger partial charge on any atom is 0.418 e. The van der Waals surface area contributed by atoms with Gasteiger partial charge < -0.3 is 10.4 Å². The summed E-state index contributed by atoms with van der Waals surface area (Å²) in [7, 11) is 0. The molecule has 0 saturated heterocycles. The topological polar surface area (TPSA) is 49.3 Å². The number of carboxylic acid groups (broad SMARTS) is 1. The number of carbonyl (C=O) groups is 1. The van der Waals surface area contributed by atoms with Gasteiger partial charge in [0.2, 0.25) is 0 Å². The zero-order valence-electron chi connectivity index (χ0n) is 9.92. The van der Waals surface area contributed by atoms with Gasteiger partial charge in [-0.2, -0.15) is 13.2 Å². The van der Waals surface area contributed by atoms with Crippen molar-refractivity contribution < 1.29 is 23.1 Å². The van der Waals surface area contributed by atoms with Crippen LogP contribution in [0, 0.1) is 5.41 Å². The van der Waals surface area contributed by atoms with Crippen molar-refractivity contribution >= 4 is 11.7 Å². The van der Waals surface area contributed by atoms with Crippen molar-refractivity contribution in [2.24, 2.45) is 5.41 Å². The number of benzene rings is 1. The van der Waals surface area contributed by atoms with Crippen LogP contribution in [0.2, 0.25) is 0 Å². The van der Waals surface area contributed by atoms with Crippen LogP contribution in [0.25, 0.3) is 0 Å². The number of alkyl halides is 3. The standard InChI is InChI=1S/C13H12F3NO2/c14-13(15,16)8-3-1-2-7-9(11(18)19)12(4-5-12)6-17-10(7)8/h1-3,9,17H,4-6H2,(H,18,19). The molecule has 1 saturated carbocycles. The Kier molecular flexibility index (Phi) is 2.37. The number of fused-ring (bicyclic) bond motifs is 1. The molecule has 1 unspecified atom stereocenters. The zero-order chi connectivity index (χ0) is 13.8. The second kappa shape index (κ2) is 3.65. The molecule has 102 valence electrons. The normalized spacial score (nSPS) is 23.6. The third kappa shape index (κ3) is 1.77. The Labute approximate surface area is 107 Å². The second-order valence-corrected chi connectivity index (χ2v) is 5.25. The molecule has 19 heavy (non-hydrogen) atoms.